The quantitative estimate of drug-likeness (QED) is 0.560. The molecule has 1 aliphatic rings. The summed E-state index contributed by atoms with van der Waals surface area (Å²) in [5.74, 6) is -0.866. The fourth-order valence-corrected chi connectivity index (χ4v) is 3.65. The molecule has 140 valence electrons. The summed E-state index contributed by atoms with van der Waals surface area (Å²) < 4.78 is 78.7. The first-order valence-electron chi connectivity index (χ1n) is 7.62. The van der Waals surface area contributed by atoms with Gasteiger partial charge < -0.3 is 5.32 Å². The minimum atomic E-state index is -5.07. The maximum atomic E-state index is 13.3. The second kappa shape index (κ2) is 7.09. The lowest BCUT2D eigenvalue weighted by Crippen LogP contribution is -2.37. The molecule has 0 spiro atoms. The second-order valence-corrected chi connectivity index (χ2v) is 6.93. The normalized spacial score (nSPS) is 21.4. The smallest absolute Gasteiger partial charge is 0.349 e. The Balaban J connectivity index is 2.52. The Hall–Kier alpha value is -1.38. The molecule has 2 rings (SSSR count). The van der Waals surface area contributed by atoms with Crippen LogP contribution in [0.25, 0.3) is 0 Å². The van der Waals surface area contributed by atoms with Crippen LogP contribution in [0.5, 0.6) is 0 Å². The Bertz CT molecular complexity index is 655. The largest absolute Gasteiger partial charge is 0.417 e. The molecule has 0 aromatic heterocycles. The van der Waals surface area contributed by atoms with Crippen molar-refractivity contribution in [1.29, 1.82) is 0 Å². The molecule has 2 nitrogen and oxygen atoms in total. The summed E-state index contributed by atoms with van der Waals surface area (Å²) in [6, 6.07) is 0.324. The number of benzene rings is 1. The highest BCUT2D eigenvalue weighted by Gasteiger charge is 2.41. The van der Waals surface area contributed by atoms with Gasteiger partial charge in [0.15, 0.2) is 0 Å². The fraction of sp³-hybridized carbons (Fsp3) is 0.562. The maximum absolute atomic E-state index is 13.3. The SMILES string of the molecule is CSc1cc(C(F)(F)F)cc(C(F)(F)F)c1C(=O)NC1CCC[C@H]1C. The van der Waals surface area contributed by atoms with Crippen LogP contribution < -0.4 is 5.32 Å². The van der Waals surface area contributed by atoms with E-state index in [1.165, 1.54) is 6.26 Å². The summed E-state index contributed by atoms with van der Waals surface area (Å²) in [5, 5.41) is 2.56. The number of carbonyl (C=O) groups excluding carboxylic acids is 1. The molecule has 1 amide bonds. The highest BCUT2D eigenvalue weighted by atomic mass is 32.2. The molecule has 9 heteroatoms. The molecule has 0 heterocycles. The van der Waals surface area contributed by atoms with E-state index in [9.17, 15) is 31.1 Å². The van der Waals surface area contributed by atoms with Gasteiger partial charge in [-0.1, -0.05) is 13.3 Å². The van der Waals surface area contributed by atoms with Crippen LogP contribution in [0.3, 0.4) is 0 Å². The Morgan fingerprint density at radius 2 is 1.76 bits per heavy atom. The highest BCUT2D eigenvalue weighted by molar-refractivity contribution is 7.98. The van der Waals surface area contributed by atoms with E-state index in [4.69, 9.17) is 0 Å². The van der Waals surface area contributed by atoms with Crippen molar-refractivity contribution in [2.24, 2.45) is 5.92 Å². The third-order valence-corrected chi connectivity index (χ3v) is 5.12. The van der Waals surface area contributed by atoms with Gasteiger partial charge in [-0.15, -0.1) is 11.8 Å². The van der Waals surface area contributed by atoms with E-state index in [0.717, 1.165) is 12.8 Å². The van der Waals surface area contributed by atoms with E-state index in [2.05, 4.69) is 5.32 Å². The van der Waals surface area contributed by atoms with Gasteiger partial charge in [0.05, 0.1) is 16.7 Å². The first-order valence-corrected chi connectivity index (χ1v) is 8.85. The molecule has 0 saturated heterocycles. The van der Waals surface area contributed by atoms with Gasteiger partial charge in [-0.05, 0) is 37.1 Å². The summed E-state index contributed by atoms with van der Waals surface area (Å²) in [5.41, 5.74) is -3.73. The van der Waals surface area contributed by atoms with E-state index in [1.807, 2.05) is 6.92 Å². The molecule has 2 atom stereocenters. The van der Waals surface area contributed by atoms with Gasteiger partial charge in [-0.25, -0.2) is 0 Å². The highest BCUT2D eigenvalue weighted by Crippen LogP contribution is 2.41. The van der Waals surface area contributed by atoms with Crippen molar-refractivity contribution in [3.05, 3.63) is 28.8 Å². The first-order chi connectivity index (χ1) is 11.4. The summed E-state index contributed by atoms with van der Waals surface area (Å²) in [6.45, 7) is 1.88. The molecule has 1 fully saturated rings. The van der Waals surface area contributed by atoms with Gasteiger partial charge in [0.1, 0.15) is 0 Å². The third-order valence-electron chi connectivity index (χ3n) is 4.36. The Kier molecular flexibility index (Phi) is 5.65. The standard InChI is InChI=1S/C16H17F6NOS/c1-8-4-3-5-11(8)23-14(24)13-10(16(20,21)22)6-9(15(17,18)19)7-12(13)25-2/h6-8,11H,3-5H2,1-2H3,(H,23,24)/t8-,11?/m1/s1. The number of nitrogens with one attached hydrogen (secondary N) is 1. The number of hydrogen-bond donors (Lipinski definition) is 1. The molecule has 1 aromatic carbocycles. The van der Waals surface area contributed by atoms with E-state index in [0.29, 0.717) is 24.2 Å². The van der Waals surface area contributed by atoms with Crippen molar-refractivity contribution in [3.8, 4) is 0 Å². The van der Waals surface area contributed by atoms with Crippen molar-refractivity contribution in [2.75, 3.05) is 6.26 Å². The van der Waals surface area contributed by atoms with E-state index in [-0.39, 0.29) is 22.9 Å². The lowest BCUT2D eigenvalue weighted by atomic mass is 10.0. The first kappa shape index (κ1) is 19.9. The lowest BCUT2D eigenvalue weighted by molar-refractivity contribution is -0.143. The van der Waals surface area contributed by atoms with Gasteiger partial charge in [-0.2, -0.15) is 26.3 Å². The van der Waals surface area contributed by atoms with Crippen LogP contribution >= 0.6 is 11.8 Å². The zero-order chi connectivity index (χ0) is 19.0. The number of rotatable bonds is 3. The van der Waals surface area contributed by atoms with Crippen molar-refractivity contribution in [3.63, 3.8) is 0 Å². The van der Waals surface area contributed by atoms with Gasteiger partial charge in [-0.3, -0.25) is 4.79 Å². The van der Waals surface area contributed by atoms with Gasteiger partial charge in [0, 0.05) is 10.9 Å². The maximum Gasteiger partial charge on any atom is 0.417 e. The van der Waals surface area contributed by atoms with Crippen LogP contribution in [-0.4, -0.2) is 18.2 Å². The molecule has 25 heavy (non-hydrogen) atoms. The number of carbonyl (C=O) groups is 1. The van der Waals surface area contributed by atoms with Crippen molar-refractivity contribution in [2.45, 2.75) is 49.5 Å². The zero-order valence-corrected chi connectivity index (χ0v) is 14.3. The summed E-state index contributed by atoms with van der Waals surface area (Å²) in [6.07, 6.45) is -6.33. The molecule has 1 aromatic rings. The predicted octanol–water partition coefficient (Wildman–Crippen LogP) is 5.36. The number of hydrogen-bond acceptors (Lipinski definition) is 2. The average Bonchev–Trinajstić information content (AvgIpc) is 2.89. The van der Waals surface area contributed by atoms with Gasteiger partial charge in [0.25, 0.3) is 5.91 Å². The molecule has 1 saturated carbocycles. The topological polar surface area (TPSA) is 29.1 Å². The van der Waals surface area contributed by atoms with Crippen LogP contribution in [0.4, 0.5) is 26.3 Å². The summed E-state index contributed by atoms with van der Waals surface area (Å²) in [7, 11) is 0. The van der Waals surface area contributed by atoms with Crippen LogP contribution in [0.2, 0.25) is 0 Å². The minimum absolute atomic E-state index is 0.00666. The summed E-state index contributed by atoms with van der Waals surface area (Å²) >= 11 is 0.682. The average molecular weight is 385 g/mol. The van der Waals surface area contributed by atoms with E-state index >= 15 is 0 Å². The minimum Gasteiger partial charge on any atom is -0.349 e. The molecule has 0 aliphatic heterocycles. The van der Waals surface area contributed by atoms with Gasteiger partial charge in [0.2, 0.25) is 0 Å². The number of amides is 1. The molecule has 1 N–H and O–H groups in total. The lowest BCUT2D eigenvalue weighted by Gasteiger charge is -2.22. The van der Waals surface area contributed by atoms with Gasteiger partial charge >= 0.3 is 12.4 Å². The molecule has 0 bridgehead atoms. The van der Waals surface area contributed by atoms with Crippen LogP contribution in [-0.2, 0) is 12.4 Å². The Morgan fingerprint density at radius 1 is 1.12 bits per heavy atom. The Labute approximate surface area is 145 Å². The number of alkyl halides is 6. The fourth-order valence-electron chi connectivity index (χ4n) is 3.00. The number of halogens is 6. The molecule has 0 radical (unpaired) electrons. The second-order valence-electron chi connectivity index (χ2n) is 6.08. The van der Waals surface area contributed by atoms with E-state index < -0.39 is 35.0 Å². The van der Waals surface area contributed by atoms with Crippen molar-refractivity contribution >= 4 is 17.7 Å². The molecule has 1 aliphatic carbocycles. The van der Waals surface area contributed by atoms with Crippen LogP contribution in [0.1, 0.15) is 47.7 Å². The van der Waals surface area contributed by atoms with Crippen LogP contribution in [0, 0.1) is 5.92 Å². The Morgan fingerprint density at radius 3 is 2.20 bits per heavy atom. The van der Waals surface area contributed by atoms with E-state index in [1.54, 1.807) is 0 Å². The monoisotopic (exact) mass is 385 g/mol. The van der Waals surface area contributed by atoms with Crippen molar-refractivity contribution < 1.29 is 31.1 Å². The van der Waals surface area contributed by atoms with Crippen LogP contribution in [0.15, 0.2) is 17.0 Å². The van der Waals surface area contributed by atoms with Crippen molar-refractivity contribution in [1.82, 2.24) is 5.32 Å². The predicted molar refractivity (Wildman–Crippen MR) is 82.5 cm³/mol. The zero-order valence-electron chi connectivity index (χ0n) is 13.5. The molecular formula is C16H17F6NOS. The third kappa shape index (κ3) is 4.43. The number of thioether (sulfide) groups is 1. The summed E-state index contributed by atoms with van der Waals surface area (Å²) in [4.78, 5) is 12.1. The molecule has 1 unspecified atom stereocenters. The molecular weight excluding hydrogens is 368 g/mol.